The quantitative estimate of drug-likeness (QED) is 0.842. The van der Waals surface area contributed by atoms with Crippen molar-refractivity contribution in [3.05, 3.63) is 24.4 Å². The van der Waals surface area contributed by atoms with E-state index in [1.54, 1.807) is 0 Å². The van der Waals surface area contributed by atoms with Gasteiger partial charge >= 0.3 is 0 Å². The summed E-state index contributed by atoms with van der Waals surface area (Å²) in [5.41, 5.74) is 0. The van der Waals surface area contributed by atoms with E-state index in [9.17, 15) is 5.11 Å². The Morgan fingerprint density at radius 3 is 2.40 bits per heavy atom. The van der Waals surface area contributed by atoms with Crippen LogP contribution in [0.4, 0.5) is 5.82 Å². The lowest BCUT2D eigenvalue weighted by Gasteiger charge is -2.39. The molecule has 1 aromatic rings. The van der Waals surface area contributed by atoms with Gasteiger partial charge in [-0.05, 0) is 12.1 Å². The van der Waals surface area contributed by atoms with E-state index in [1.807, 2.05) is 12.3 Å². The molecule has 7 heteroatoms. The molecule has 0 aromatic carbocycles. The monoisotopic (exact) mass is 380 g/mol. The zero-order chi connectivity index (χ0) is 17.1. The average Bonchev–Trinajstić information content (AvgIpc) is 2.86. The number of aromatic nitrogens is 1. The van der Waals surface area contributed by atoms with Gasteiger partial charge < -0.3 is 10.0 Å². The first-order valence-electron chi connectivity index (χ1n) is 9.29. The van der Waals surface area contributed by atoms with Gasteiger partial charge in [0.1, 0.15) is 5.82 Å². The summed E-state index contributed by atoms with van der Waals surface area (Å²) in [4.78, 5) is 11.9. The van der Waals surface area contributed by atoms with Gasteiger partial charge in [-0.15, -0.1) is 0 Å². The van der Waals surface area contributed by atoms with Gasteiger partial charge in [-0.3, -0.25) is 9.80 Å². The maximum atomic E-state index is 10.7. The van der Waals surface area contributed by atoms with Crippen LogP contribution < -0.4 is 4.90 Å². The van der Waals surface area contributed by atoms with Crippen molar-refractivity contribution in [2.45, 2.75) is 18.2 Å². The van der Waals surface area contributed by atoms with E-state index in [-0.39, 0.29) is 6.10 Å². The molecule has 0 aliphatic carbocycles. The fourth-order valence-electron chi connectivity index (χ4n) is 4.09. The third kappa shape index (κ3) is 4.27. The predicted molar refractivity (Wildman–Crippen MR) is 108 cm³/mol. The molecule has 0 amide bonds. The number of anilines is 1. The second kappa shape index (κ2) is 8.48. The van der Waals surface area contributed by atoms with Crippen molar-refractivity contribution in [3.63, 3.8) is 0 Å². The van der Waals surface area contributed by atoms with E-state index >= 15 is 0 Å². The van der Waals surface area contributed by atoms with Crippen molar-refractivity contribution in [1.82, 2.24) is 14.8 Å². The summed E-state index contributed by atoms with van der Waals surface area (Å²) in [6.07, 6.45) is 1.66. The highest BCUT2D eigenvalue weighted by atomic mass is 32.2. The summed E-state index contributed by atoms with van der Waals surface area (Å²) in [5, 5.41) is 10.7. The maximum Gasteiger partial charge on any atom is 0.128 e. The van der Waals surface area contributed by atoms with Crippen molar-refractivity contribution < 1.29 is 5.11 Å². The fourth-order valence-corrected chi connectivity index (χ4v) is 6.72. The molecule has 0 radical (unpaired) electrons. The van der Waals surface area contributed by atoms with Gasteiger partial charge in [-0.1, -0.05) is 6.07 Å². The average molecular weight is 381 g/mol. The largest absolute Gasteiger partial charge is 0.390 e. The number of likely N-dealkylation sites (tertiary alicyclic amines) is 1. The van der Waals surface area contributed by atoms with Crippen molar-refractivity contribution >= 4 is 29.3 Å². The van der Waals surface area contributed by atoms with E-state index in [0.29, 0.717) is 12.1 Å². The Labute approximate surface area is 159 Å². The van der Waals surface area contributed by atoms with E-state index in [1.165, 1.54) is 23.0 Å². The van der Waals surface area contributed by atoms with Crippen LogP contribution in [0.3, 0.4) is 0 Å². The van der Waals surface area contributed by atoms with E-state index in [0.717, 1.165) is 45.1 Å². The molecule has 25 heavy (non-hydrogen) atoms. The second-order valence-electron chi connectivity index (χ2n) is 7.10. The smallest absolute Gasteiger partial charge is 0.128 e. The molecule has 1 aromatic heterocycles. The number of hydrogen-bond acceptors (Lipinski definition) is 7. The maximum absolute atomic E-state index is 10.7. The van der Waals surface area contributed by atoms with Gasteiger partial charge in [0.05, 0.1) is 6.10 Å². The molecule has 3 fully saturated rings. The summed E-state index contributed by atoms with van der Waals surface area (Å²) in [6.45, 7) is 5.89. The number of pyridine rings is 1. The highest BCUT2D eigenvalue weighted by Crippen LogP contribution is 2.26. The van der Waals surface area contributed by atoms with Crippen LogP contribution in [-0.4, -0.2) is 100 Å². The molecule has 0 unspecified atom stereocenters. The van der Waals surface area contributed by atoms with Gasteiger partial charge in [-0.25, -0.2) is 4.98 Å². The molecule has 3 saturated heterocycles. The zero-order valence-corrected chi connectivity index (χ0v) is 16.3. The van der Waals surface area contributed by atoms with E-state index in [2.05, 4.69) is 55.3 Å². The normalized spacial score (nSPS) is 30.5. The van der Waals surface area contributed by atoms with Crippen LogP contribution in [0, 0.1) is 0 Å². The van der Waals surface area contributed by atoms with Crippen molar-refractivity contribution in [2.75, 3.05) is 67.2 Å². The van der Waals surface area contributed by atoms with Crippen molar-refractivity contribution in [2.24, 2.45) is 0 Å². The van der Waals surface area contributed by atoms with Crippen LogP contribution in [-0.2, 0) is 0 Å². The van der Waals surface area contributed by atoms with Crippen molar-refractivity contribution in [1.29, 1.82) is 0 Å². The molecule has 2 atom stereocenters. The van der Waals surface area contributed by atoms with Crippen molar-refractivity contribution in [3.8, 4) is 0 Å². The summed E-state index contributed by atoms with van der Waals surface area (Å²) < 4.78 is 0. The summed E-state index contributed by atoms with van der Waals surface area (Å²) in [5.74, 6) is 6.07. The van der Waals surface area contributed by atoms with Gasteiger partial charge in [0.2, 0.25) is 0 Å². The third-order valence-corrected chi connectivity index (χ3v) is 8.04. The number of β-amino-alcohol motifs (C(OH)–C–C–N with tert-alkyl or cyclic N) is 1. The number of piperazine rings is 1. The minimum atomic E-state index is -0.209. The predicted octanol–water partition coefficient (Wildman–Crippen LogP) is 1.10. The van der Waals surface area contributed by atoms with Gasteiger partial charge in [0.25, 0.3) is 0 Å². The highest BCUT2D eigenvalue weighted by molar-refractivity contribution is 8.03. The van der Waals surface area contributed by atoms with Gasteiger partial charge in [0, 0.05) is 80.6 Å². The fraction of sp³-hybridized carbons (Fsp3) is 0.722. The van der Waals surface area contributed by atoms with E-state index in [4.69, 9.17) is 0 Å². The van der Waals surface area contributed by atoms with Gasteiger partial charge in [-0.2, -0.15) is 23.5 Å². The lowest BCUT2D eigenvalue weighted by molar-refractivity contribution is 0.0789. The highest BCUT2D eigenvalue weighted by Gasteiger charge is 2.39. The van der Waals surface area contributed by atoms with E-state index < -0.39 is 0 Å². The molecule has 4 rings (SSSR count). The van der Waals surface area contributed by atoms with Crippen LogP contribution in [0.5, 0.6) is 0 Å². The molecule has 3 aliphatic rings. The summed E-state index contributed by atoms with van der Waals surface area (Å²) >= 11 is 4.15. The number of rotatable bonds is 3. The number of nitrogens with zero attached hydrogens (tertiary/aromatic N) is 4. The molecular formula is C18H28N4OS2. The Balaban J connectivity index is 1.32. The first kappa shape index (κ1) is 17.9. The molecule has 0 spiro atoms. The van der Waals surface area contributed by atoms with Crippen LogP contribution in [0.1, 0.15) is 0 Å². The molecule has 0 saturated carbocycles. The first-order chi connectivity index (χ1) is 12.3. The number of aliphatic hydroxyl groups excluding tert-OH is 1. The molecule has 138 valence electrons. The molecule has 1 N–H and O–H groups in total. The summed E-state index contributed by atoms with van der Waals surface area (Å²) in [7, 11) is 0. The molecule has 4 heterocycles. The molecule has 0 bridgehead atoms. The molecular weight excluding hydrogens is 352 g/mol. The topological polar surface area (TPSA) is 42.8 Å². The lowest BCUT2D eigenvalue weighted by Crippen LogP contribution is -2.54. The first-order valence-corrected chi connectivity index (χ1v) is 11.6. The Morgan fingerprint density at radius 1 is 0.960 bits per heavy atom. The van der Waals surface area contributed by atoms with Gasteiger partial charge in [0.15, 0.2) is 0 Å². The Morgan fingerprint density at radius 2 is 1.72 bits per heavy atom. The minimum Gasteiger partial charge on any atom is -0.390 e. The SMILES string of the molecule is O[C@@H]1CN(C2CSCCSC2)C[C@H]1N1CCN(c2ccccn2)CC1. The lowest BCUT2D eigenvalue weighted by atomic mass is 10.1. The second-order valence-corrected chi connectivity index (χ2v) is 9.40. The third-order valence-electron chi connectivity index (χ3n) is 5.55. The zero-order valence-electron chi connectivity index (χ0n) is 14.7. The van der Waals surface area contributed by atoms with Crippen LogP contribution in [0.2, 0.25) is 0 Å². The number of thioether (sulfide) groups is 2. The minimum absolute atomic E-state index is 0.209. The van der Waals surface area contributed by atoms with Crippen LogP contribution in [0.25, 0.3) is 0 Å². The Kier molecular flexibility index (Phi) is 6.08. The van der Waals surface area contributed by atoms with Crippen LogP contribution >= 0.6 is 23.5 Å². The Hall–Kier alpha value is -0.470. The summed E-state index contributed by atoms with van der Waals surface area (Å²) in [6, 6.07) is 7.03. The molecule has 3 aliphatic heterocycles. The number of aliphatic hydroxyl groups is 1. The number of hydrogen-bond donors (Lipinski definition) is 1. The van der Waals surface area contributed by atoms with Crippen LogP contribution in [0.15, 0.2) is 24.4 Å². The standard InChI is InChI=1S/C18H28N4OS2/c23-17-12-22(15-13-24-9-10-25-14-15)11-16(17)20-5-7-21(8-6-20)18-3-1-2-4-19-18/h1-4,15-17,23H,5-14H2/t16-,17-/m1/s1. The molecule has 5 nitrogen and oxygen atoms in total. The Bertz CT molecular complexity index is 533.